The van der Waals surface area contributed by atoms with Crippen LogP contribution < -0.4 is 5.73 Å². The van der Waals surface area contributed by atoms with E-state index in [2.05, 4.69) is 0 Å². The molecule has 2 amide bonds. The molecular weight excluding hydrogens is 302 g/mol. The Morgan fingerprint density at radius 2 is 1.67 bits per heavy atom. The van der Waals surface area contributed by atoms with Crippen LogP contribution in [0.3, 0.4) is 0 Å². The minimum atomic E-state index is -0.0672. The summed E-state index contributed by atoms with van der Waals surface area (Å²) in [6.07, 6.45) is 3.52. The van der Waals surface area contributed by atoms with Crippen molar-refractivity contribution in [1.82, 2.24) is 9.80 Å². The van der Waals surface area contributed by atoms with E-state index in [1.165, 1.54) is 0 Å². The van der Waals surface area contributed by atoms with Crippen LogP contribution in [0.4, 0.5) is 0 Å². The fourth-order valence-electron chi connectivity index (χ4n) is 3.62. The molecule has 2 saturated heterocycles. The highest BCUT2D eigenvalue weighted by Crippen LogP contribution is 2.22. The van der Waals surface area contributed by atoms with Gasteiger partial charge in [0.2, 0.25) is 5.91 Å². The first-order chi connectivity index (χ1) is 11.5. The van der Waals surface area contributed by atoms with E-state index in [-0.39, 0.29) is 23.8 Å². The summed E-state index contributed by atoms with van der Waals surface area (Å²) in [6, 6.07) is 7.87. The Balaban J connectivity index is 1.62. The summed E-state index contributed by atoms with van der Waals surface area (Å²) in [5.41, 5.74) is 7.77. The Labute approximate surface area is 143 Å². The van der Waals surface area contributed by atoms with Crippen molar-refractivity contribution in [3.8, 4) is 0 Å². The molecule has 5 nitrogen and oxygen atoms in total. The predicted molar refractivity (Wildman–Crippen MR) is 93.6 cm³/mol. The van der Waals surface area contributed by atoms with Gasteiger partial charge in [0, 0.05) is 37.8 Å². The molecule has 0 spiro atoms. The zero-order valence-electron chi connectivity index (χ0n) is 14.4. The first-order valence-corrected chi connectivity index (χ1v) is 8.95. The first kappa shape index (κ1) is 17.0. The van der Waals surface area contributed by atoms with Crippen LogP contribution in [0.2, 0.25) is 0 Å². The van der Waals surface area contributed by atoms with Gasteiger partial charge in [-0.3, -0.25) is 9.59 Å². The molecule has 2 fully saturated rings. The van der Waals surface area contributed by atoms with Gasteiger partial charge >= 0.3 is 0 Å². The highest BCUT2D eigenvalue weighted by molar-refractivity contribution is 5.94. The first-order valence-electron chi connectivity index (χ1n) is 8.95. The minimum Gasteiger partial charge on any atom is -0.342 e. The standard InChI is InChI=1S/C19H27N3O2/c1-14-4-6-15(7-5-14)18(23)22-10-2-3-16(13-22)19(24)21-11-8-17(20)9-12-21/h4-7,16-17H,2-3,8-13,20H2,1H3. The van der Waals surface area contributed by atoms with Crippen LogP contribution in [0.15, 0.2) is 24.3 Å². The average Bonchev–Trinajstić information content (AvgIpc) is 2.62. The molecule has 3 rings (SSSR count). The van der Waals surface area contributed by atoms with Crippen molar-refractivity contribution in [2.75, 3.05) is 26.2 Å². The van der Waals surface area contributed by atoms with E-state index in [0.717, 1.165) is 50.9 Å². The Kier molecular flexibility index (Phi) is 5.19. The molecule has 2 aliphatic heterocycles. The topological polar surface area (TPSA) is 66.6 Å². The van der Waals surface area contributed by atoms with Crippen molar-refractivity contribution in [2.45, 2.75) is 38.6 Å². The monoisotopic (exact) mass is 329 g/mol. The van der Waals surface area contributed by atoms with Crippen LogP contribution >= 0.6 is 0 Å². The van der Waals surface area contributed by atoms with Gasteiger partial charge < -0.3 is 15.5 Å². The number of nitrogens with two attached hydrogens (primary N) is 1. The van der Waals surface area contributed by atoms with Gasteiger partial charge in [0.1, 0.15) is 0 Å². The van der Waals surface area contributed by atoms with Gasteiger partial charge in [-0.05, 0) is 44.7 Å². The number of carbonyl (C=O) groups excluding carboxylic acids is 2. The fraction of sp³-hybridized carbons (Fsp3) is 0.579. The quantitative estimate of drug-likeness (QED) is 0.900. The summed E-state index contributed by atoms with van der Waals surface area (Å²) in [5.74, 6) is 0.166. The number of carbonyl (C=O) groups is 2. The highest BCUT2D eigenvalue weighted by Gasteiger charge is 2.32. The number of hydrogen-bond acceptors (Lipinski definition) is 3. The second-order valence-corrected chi connectivity index (χ2v) is 7.12. The van der Waals surface area contributed by atoms with Crippen molar-refractivity contribution in [1.29, 1.82) is 0 Å². The number of nitrogens with zero attached hydrogens (tertiary/aromatic N) is 2. The van der Waals surface area contributed by atoms with Crippen molar-refractivity contribution < 1.29 is 9.59 Å². The van der Waals surface area contributed by atoms with E-state index in [9.17, 15) is 9.59 Å². The molecule has 5 heteroatoms. The largest absolute Gasteiger partial charge is 0.342 e. The second kappa shape index (κ2) is 7.34. The number of amides is 2. The van der Waals surface area contributed by atoms with E-state index in [1.54, 1.807) is 0 Å². The summed E-state index contributed by atoms with van der Waals surface area (Å²) >= 11 is 0. The lowest BCUT2D eigenvalue weighted by atomic mass is 9.94. The van der Waals surface area contributed by atoms with Gasteiger partial charge in [0.25, 0.3) is 5.91 Å². The van der Waals surface area contributed by atoms with Gasteiger partial charge in [0.15, 0.2) is 0 Å². The maximum absolute atomic E-state index is 12.8. The van der Waals surface area contributed by atoms with E-state index < -0.39 is 0 Å². The Morgan fingerprint density at radius 1 is 1.00 bits per heavy atom. The van der Waals surface area contributed by atoms with Crippen LogP contribution in [-0.4, -0.2) is 53.8 Å². The predicted octanol–water partition coefficient (Wildman–Crippen LogP) is 1.80. The maximum atomic E-state index is 12.8. The minimum absolute atomic E-state index is 0.0353. The Morgan fingerprint density at radius 3 is 2.33 bits per heavy atom. The molecule has 2 N–H and O–H groups in total. The van der Waals surface area contributed by atoms with E-state index >= 15 is 0 Å². The third-order valence-corrected chi connectivity index (χ3v) is 5.21. The van der Waals surface area contributed by atoms with Gasteiger partial charge in [-0.25, -0.2) is 0 Å². The van der Waals surface area contributed by atoms with Crippen molar-refractivity contribution >= 4 is 11.8 Å². The SMILES string of the molecule is Cc1ccc(C(=O)N2CCCC(C(=O)N3CCC(N)CC3)C2)cc1. The van der Waals surface area contributed by atoms with Crippen LogP contribution in [0.5, 0.6) is 0 Å². The molecule has 1 unspecified atom stereocenters. The molecule has 1 aromatic carbocycles. The van der Waals surface area contributed by atoms with Crippen LogP contribution in [0.1, 0.15) is 41.6 Å². The highest BCUT2D eigenvalue weighted by atomic mass is 16.2. The van der Waals surface area contributed by atoms with E-state index in [0.29, 0.717) is 12.1 Å². The van der Waals surface area contributed by atoms with Crippen LogP contribution in [-0.2, 0) is 4.79 Å². The van der Waals surface area contributed by atoms with Crippen LogP contribution in [0, 0.1) is 12.8 Å². The van der Waals surface area contributed by atoms with Gasteiger partial charge in [0.05, 0.1) is 5.92 Å². The molecule has 0 radical (unpaired) electrons. The molecule has 0 bridgehead atoms. The molecule has 2 aliphatic rings. The fourth-order valence-corrected chi connectivity index (χ4v) is 3.62. The lowest BCUT2D eigenvalue weighted by Crippen LogP contribution is -2.50. The number of hydrogen-bond donors (Lipinski definition) is 1. The molecule has 24 heavy (non-hydrogen) atoms. The number of benzene rings is 1. The molecule has 130 valence electrons. The van der Waals surface area contributed by atoms with E-state index in [1.807, 2.05) is 41.0 Å². The Hall–Kier alpha value is -1.88. The smallest absolute Gasteiger partial charge is 0.253 e. The van der Waals surface area contributed by atoms with Gasteiger partial charge in [-0.1, -0.05) is 17.7 Å². The molecule has 0 aromatic heterocycles. The summed E-state index contributed by atoms with van der Waals surface area (Å²) in [7, 11) is 0. The average molecular weight is 329 g/mol. The third-order valence-electron chi connectivity index (χ3n) is 5.21. The van der Waals surface area contributed by atoms with Gasteiger partial charge in [-0.2, -0.15) is 0 Å². The number of aryl methyl sites for hydroxylation is 1. The zero-order chi connectivity index (χ0) is 17.1. The van der Waals surface area contributed by atoms with Crippen molar-refractivity contribution in [2.24, 2.45) is 11.7 Å². The lowest BCUT2D eigenvalue weighted by Gasteiger charge is -2.37. The number of rotatable bonds is 2. The molecule has 0 saturated carbocycles. The van der Waals surface area contributed by atoms with Gasteiger partial charge in [-0.15, -0.1) is 0 Å². The van der Waals surface area contributed by atoms with Crippen molar-refractivity contribution in [3.63, 3.8) is 0 Å². The summed E-state index contributed by atoms with van der Waals surface area (Å²) < 4.78 is 0. The van der Waals surface area contributed by atoms with Crippen LogP contribution in [0.25, 0.3) is 0 Å². The summed E-state index contributed by atoms with van der Waals surface area (Å²) in [5, 5.41) is 0. The molecule has 1 aromatic rings. The molecule has 0 aliphatic carbocycles. The Bertz CT molecular complexity index is 591. The molecule has 1 atom stereocenters. The normalized spacial score (nSPS) is 22.5. The molecular formula is C19H27N3O2. The maximum Gasteiger partial charge on any atom is 0.253 e. The van der Waals surface area contributed by atoms with Crippen molar-refractivity contribution in [3.05, 3.63) is 35.4 Å². The zero-order valence-corrected chi connectivity index (χ0v) is 14.4. The second-order valence-electron chi connectivity index (χ2n) is 7.12. The third kappa shape index (κ3) is 3.78. The lowest BCUT2D eigenvalue weighted by molar-refractivity contribution is -0.138. The summed E-state index contributed by atoms with van der Waals surface area (Å²) in [4.78, 5) is 29.2. The number of piperidine rings is 2. The van der Waals surface area contributed by atoms with E-state index in [4.69, 9.17) is 5.73 Å². The summed E-state index contributed by atoms with van der Waals surface area (Å²) in [6.45, 7) is 4.79. The molecule has 2 heterocycles. The number of likely N-dealkylation sites (tertiary alicyclic amines) is 2.